The molecular formula is C12H23FO2. The Morgan fingerprint density at radius 2 is 1.80 bits per heavy atom. The van der Waals surface area contributed by atoms with E-state index in [1.54, 1.807) is 0 Å². The molecule has 3 heteroatoms. The summed E-state index contributed by atoms with van der Waals surface area (Å²) in [6.45, 7) is 6.18. The van der Waals surface area contributed by atoms with E-state index in [9.17, 15) is 0 Å². The molecule has 2 aliphatic rings. The van der Waals surface area contributed by atoms with E-state index in [0.717, 1.165) is 19.1 Å². The molecule has 0 spiro atoms. The van der Waals surface area contributed by atoms with Crippen LogP contribution in [0.25, 0.3) is 0 Å². The summed E-state index contributed by atoms with van der Waals surface area (Å²) in [5.74, 6) is 0.759. The summed E-state index contributed by atoms with van der Waals surface area (Å²) in [4.78, 5) is 0. The molecule has 0 aromatic carbocycles. The van der Waals surface area contributed by atoms with Gasteiger partial charge in [-0.3, -0.25) is 4.70 Å². The van der Waals surface area contributed by atoms with Crippen molar-refractivity contribution in [2.24, 2.45) is 5.92 Å². The molecule has 1 atom stereocenters. The molecule has 0 bridgehead atoms. The van der Waals surface area contributed by atoms with Crippen LogP contribution in [0.4, 0.5) is 4.70 Å². The molecule has 0 radical (unpaired) electrons. The molecule has 2 nitrogen and oxygen atoms in total. The smallest absolute Gasteiger partial charge is 0.104 e. The van der Waals surface area contributed by atoms with Gasteiger partial charge in [0, 0.05) is 0 Å². The van der Waals surface area contributed by atoms with Gasteiger partial charge in [0.15, 0.2) is 0 Å². The van der Waals surface area contributed by atoms with Crippen molar-refractivity contribution < 1.29 is 14.2 Å². The summed E-state index contributed by atoms with van der Waals surface area (Å²) in [6, 6.07) is 0. The van der Waals surface area contributed by atoms with Crippen molar-refractivity contribution >= 4 is 0 Å². The second-order valence-electron chi connectivity index (χ2n) is 5.20. The first-order valence-corrected chi connectivity index (χ1v) is 5.94. The molecule has 1 unspecified atom stereocenters. The molecule has 0 aromatic rings. The summed E-state index contributed by atoms with van der Waals surface area (Å²) in [6.07, 6.45) is 7.28. The van der Waals surface area contributed by atoms with Crippen molar-refractivity contribution in [2.45, 2.75) is 57.7 Å². The van der Waals surface area contributed by atoms with Gasteiger partial charge in [-0.25, -0.2) is 0 Å². The van der Waals surface area contributed by atoms with E-state index in [0.29, 0.717) is 6.10 Å². The Balaban J connectivity index is 0.00000112. The fraction of sp³-hybridized carbons (Fsp3) is 1.00. The lowest BCUT2D eigenvalue weighted by Gasteiger charge is -2.36. The standard InChI is InChI=1S/C12H22O2.FH/c1-12(2,14-9-11-8-13-11)10-6-4-3-5-7-10;/h10-11H,3-9H2,1-2H3;1H. The van der Waals surface area contributed by atoms with E-state index in [1.807, 2.05) is 0 Å². The number of ether oxygens (including phenoxy) is 2. The summed E-state index contributed by atoms with van der Waals surface area (Å²) >= 11 is 0. The molecule has 1 heterocycles. The molecule has 1 aliphatic carbocycles. The van der Waals surface area contributed by atoms with E-state index < -0.39 is 0 Å². The summed E-state index contributed by atoms with van der Waals surface area (Å²) in [5.41, 5.74) is 0.0619. The summed E-state index contributed by atoms with van der Waals surface area (Å²) < 4.78 is 11.1. The highest BCUT2D eigenvalue weighted by Crippen LogP contribution is 2.35. The fourth-order valence-electron chi connectivity index (χ4n) is 2.39. The Labute approximate surface area is 91.7 Å². The van der Waals surface area contributed by atoms with Gasteiger partial charge in [-0.2, -0.15) is 0 Å². The zero-order valence-corrected chi connectivity index (χ0v) is 9.83. The number of halogens is 1. The van der Waals surface area contributed by atoms with Crippen molar-refractivity contribution in [1.29, 1.82) is 0 Å². The maximum absolute atomic E-state index is 5.97. The molecule has 15 heavy (non-hydrogen) atoms. The van der Waals surface area contributed by atoms with Gasteiger partial charge in [0.2, 0.25) is 0 Å². The van der Waals surface area contributed by atoms with Crippen LogP contribution in [-0.4, -0.2) is 24.9 Å². The van der Waals surface area contributed by atoms with Gasteiger partial charge in [0.25, 0.3) is 0 Å². The number of epoxide rings is 1. The van der Waals surface area contributed by atoms with Gasteiger partial charge in [0.05, 0.1) is 18.8 Å². The maximum atomic E-state index is 5.97. The molecule has 1 aliphatic heterocycles. The molecule has 1 saturated heterocycles. The minimum Gasteiger partial charge on any atom is -0.373 e. The quantitative estimate of drug-likeness (QED) is 0.677. The minimum atomic E-state index is 0. The van der Waals surface area contributed by atoms with Crippen molar-refractivity contribution in [3.63, 3.8) is 0 Å². The van der Waals surface area contributed by atoms with Crippen molar-refractivity contribution in [3.8, 4) is 0 Å². The number of hydrogen-bond donors (Lipinski definition) is 0. The second-order valence-corrected chi connectivity index (χ2v) is 5.20. The Morgan fingerprint density at radius 1 is 1.20 bits per heavy atom. The Bertz CT molecular complexity index is 184. The van der Waals surface area contributed by atoms with E-state index in [1.165, 1.54) is 32.1 Å². The van der Waals surface area contributed by atoms with Crippen LogP contribution in [-0.2, 0) is 9.47 Å². The van der Waals surface area contributed by atoms with Gasteiger partial charge in [0.1, 0.15) is 6.10 Å². The van der Waals surface area contributed by atoms with Gasteiger partial charge < -0.3 is 9.47 Å². The lowest BCUT2D eigenvalue weighted by atomic mass is 9.79. The average molecular weight is 218 g/mol. The highest BCUT2D eigenvalue weighted by Gasteiger charge is 2.34. The van der Waals surface area contributed by atoms with Crippen LogP contribution < -0.4 is 0 Å². The summed E-state index contributed by atoms with van der Waals surface area (Å²) in [7, 11) is 0. The van der Waals surface area contributed by atoms with Gasteiger partial charge in [-0.05, 0) is 32.6 Å². The van der Waals surface area contributed by atoms with Crippen LogP contribution >= 0.6 is 0 Å². The molecular weight excluding hydrogens is 195 g/mol. The molecule has 90 valence electrons. The van der Waals surface area contributed by atoms with Crippen LogP contribution in [0.2, 0.25) is 0 Å². The van der Waals surface area contributed by atoms with Crippen molar-refractivity contribution in [1.82, 2.24) is 0 Å². The zero-order chi connectivity index (χ0) is 10.0. The van der Waals surface area contributed by atoms with Crippen LogP contribution in [0.3, 0.4) is 0 Å². The molecule has 0 N–H and O–H groups in total. The van der Waals surface area contributed by atoms with E-state index in [2.05, 4.69) is 13.8 Å². The average Bonchev–Trinajstić information content (AvgIpc) is 3.00. The third-order valence-corrected chi connectivity index (χ3v) is 3.63. The van der Waals surface area contributed by atoms with Crippen LogP contribution in [0.1, 0.15) is 46.0 Å². The first-order valence-electron chi connectivity index (χ1n) is 5.94. The van der Waals surface area contributed by atoms with Crippen molar-refractivity contribution in [2.75, 3.05) is 13.2 Å². The lowest BCUT2D eigenvalue weighted by molar-refractivity contribution is -0.0745. The molecule has 1 saturated carbocycles. The maximum Gasteiger partial charge on any atom is 0.104 e. The van der Waals surface area contributed by atoms with E-state index in [-0.39, 0.29) is 10.3 Å². The predicted octanol–water partition coefficient (Wildman–Crippen LogP) is 2.91. The molecule has 2 fully saturated rings. The fourth-order valence-corrected chi connectivity index (χ4v) is 2.39. The Kier molecular flexibility index (Phi) is 4.53. The highest BCUT2D eigenvalue weighted by molar-refractivity contribution is 4.83. The van der Waals surface area contributed by atoms with E-state index >= 15 is 0 Å². The summed E-state index contributed by atoms with van der Waals surface area (Å²) in [5, 5.41) is 0. The van der Waals surface area contributed by atoms with Crippen LogP contribution in [0.5, 0.6) is 0 Å². The molecule has 0 aromatic heterocycles. The second kappa shape index (κ2) is 5.26. The van der Waals surface area contributed by atoms with Gasteiger partial charge in [-0.15, -0.1) is 0 Å². The van der Waals surface area contributed by atoms with Gasteiger partial charge >= 0.3 is 0 Å². The Hall–Kier alpha value is -0.150. The first kappa shape index (κ1) is 12.9. The SMILES string of the molecule is CC(C)(OCC1CO1)C1CCCCC1.F. The van der Waals surface area contributed by atoms with Gasteiger partial charge in [-0.1, -0.05) is 19.3 Å². The largest absolute Gasteiger partial charge is 0.373 e. The molecule has 0 amide bonds. The number of rotatable bonds is 4. The molecule has 2 rings (SSSR count). The predicted molar refractivity (Wildman–Crippen MR) is 58.8 cm³/mol. The first-order chi connectivity index (χ1) is 6.68. The van der Waals surface area contributed by atoms with Crippen LogP contribution in [0, 0.1) is 5.92 Å². The highest BCUT2D eigenvalue weighted by atomic mass is 19.0. The Morgan fingerprint density at radius 3 is 2.33 bits per heavy atom. The normalized spacial score (nSPS) is 27.2. The topological polar surface area (TPSA) is 21.8 Å². The minimum absolute atomic E-state index is 0. The monoisotopic (exact) mass is 218 g/mol. The number of hydrogen-bond acceptors (Lipinski definition) is 2. The zero-order valence-electron chi connectivity index (χ0n) is 9.83. The van der Waals surface area contributed by atoms with Crippen LogP contribution in [0.15, 0.2) is 0 Å². The third-order valence-electron chi connectivity index (χ3n) is 3.63. The van der Waals surface area contributed by atoms with Crippen molar-refractivity contribution in [3.05, 3.63) is 0 Å². The van der Waals surface area contributed by atoms with E-state index in [4.69, 9.17) is 9.47 Å². The lowest BCUT2D eigenvalue weighted by Crippen LogP contribution is -2.36. The third kappa shape index (κ3) is 3.72.